The molecule has 0 amide bonds. The van der Waals surface area contributed by atoms with Gasteiger partial charge in [-0.25, -0.2) is 9.82 Å². The Balaban J connectivity index is 2.51. The number of pyridine rings is 1. The van der Waals surface area contributed by atoms with Gasteiger partial charge in [0.1, 0.15) is 5.82 Å². The Morgan fingerprint density at radius 3 is 2.74 bits per heavy atom. The fraction of sp³-hybridized carbons (Fsp3) is 0.154. The van der Waals surface area contributed by atoms with Crippen molar-refractivity contribution in [1.29, 1.82) is 0 Å². The lowest BCUT2D eigenvalue weighted by Gasteiger charge is -2.18. The van der Waals surface area contributed by atoms with Crippen molar-refractivity contribution in [2.75, 3.05) is 0 Å². The summed E-state index contributed by atoms with van der Waals surface area (Å²) in [7, 11) is 0. The summed E-state index contributed by atoms with van der Waals surface area (Å²) in [6, 6.07) is 8.25. The summed E-state index contributed by atoms with van der Waals surface area (Å²) in [5.41, 5.74) is 4.40. The van der Waals surface area contributed by atoms with Crippen LogP contribution in [0, 0.1) is 12.7 Å². The van der Waals surface area contributed by atoms with Gasteiger partial charge in [-0.3, -0.25) is 10.8 Å². The third-order valence-corrected chi connectivity index (χ3v) is 4.01. The van der Waals surface area contributed by atoms with Crippen molar-refractivity contribution in [2.24, 2.45) is 5.84 Å². The normalized spacial score (nSPS) is 12.5. The van der Waals surface area contributed by atoms with Crippen LogP contribution in [-0.2, 0) is 0 Å². The van der Waals surface area contributed by atoms with Crippen molar-refractivity contribution >= 4 is 27.5 Å². The maximum Gasteiger partial charge on any atom is 0.148 e. The number of aromatic nitrogens is 1. The molecule has 2 aromatic rings. The van der Waals surface area contributed by atoms with E-state index in [1.165, 1.54) is 0 Å². The molecular weight excluding hydrogens is 333 g/mol. The van der Waals surface area contributed by atoms with E-state index in [2.05, 4.69) is 26.3 Å². The van der Waals surface area contributed by atoms with Gasteiger partial charge < -0.3 is 0 Å². The van der Waals surface area contributed by atoms with Gasteiger partial charge in [-0.05, 0) is 41.1 Å². The highest BCUT2D eigenvalue weighted by Crippen LogP contribution is 2.32. The molecule has 1 unspecified atom stereocenters. The van der Waals surface area contributed by atoms with Crippen LogP contribution in [0.5, 0.6) is 0 Å². The second kappa shape index (κ2) is 5.96. The largest absolute Gasteiger partial charge is 0.271 e. The molecule has 1 atom stereocenters. The van der Waals surface area contributed by atoms with Gasteiger partial charge in [-0.15, -0.1) is 0 Å². The first-order chi connectivity index (χ1) is 9.04. The number of benzene rings is 1. The number of nitrogens with one attached hydrogen (secondary N) is 1. The van der Waals surface area contributed by atoms with E-state index < -0.39 is 11.9 Å². The average molecular weight is 345 g/mol. The van der Waals surface area contributed by atoms with Gasteiger partial charge in [0, 0.05) is 15.7 Å². The summed E-state index contributed by atoms with van der Waals surface area (Å²) in [6.07, 6.45) is 0. The molecule has 0 saturated heterocycles. The maximum absolute atomic E-state index is 14.2. The molecular formula is C13H12BrClFN3. The number of halogens is 3. The topological polar surface area (TPSA) is 50.9 Å². The minimum atomic E-state index is -0.550. The maximum atomic E-state index is 14.2. The first kappa shape index (κ1) is 14.4. The number of hydrazine groups is 1. The van der Waals surface area contributed by atoms with Crippen LogP contribution in [0.1, 0.15) is 23.0 Å². The predicted octanol–water partition coefficient (Wildman–Crippen LogP) is 3.50. The van der Waals surface area contributed by atoms with E-state index in [4.69, 9.17) is 17.4 Å². The molecule has 3 N–H and O–H groups in total. The van der Waals surface area contributed by atoms with Crippen LogP contribution in [0.2, 0.25) is 5.02 Å². The number of hydrogen-bond donors (Lipinski definition) is 2. The quantitative estimate of drug-likeness (QED) is 0.509. The summed E-state index contributed by atoms with van der Waals surface area (Å²) in [5.74, 6) is 5.02. The van der Waals surface area contributed by atoms with Gasteiger partial charge >= 0.3 is 0 Å². The number of aryl methyl sites for hydroxylation is 1. The molecule has 100 valence electrons. The zero-order valence-electron chi connectivity index (χ0n) is 10.1. The van der Waals surface area contributed by atoms with E-state index in [1.54, 1.807) is 18.2 Å². The number of nitrogens with two attached hydrogens (primary N) is 1. The predicted molar refractivity (Wildman–Crippen MR) is 77.3 cm³/mol. The van der Waals surface area contributed by atoms with E-state index in [0.717, 1.165) is 5.69 Å². The minimum absolute atomic E-state index is 0.0328. The van der Waals surface area contributed by atoms with Crippen molar-refractivity contribution in [3.8, 4) is 0 Å². The Bertz CT molecular complexity index is 606. The fourth-order valence-corrected chi connectivity index (χ4v) is 2.30. The molecule has 0 aliphatic heterocycles. The molecule has 1 aromatic heterocycles. The highest BCUT2D eigenvalue weighted by Gasteiger charge is 2.20. The summed E-state index contributed by atoms with van der Waals surface area (Å²) in [6.45, 7) is 1.86. The lowest BCUT2D eigenvalue weighted by molar-refractivity contribution is 0.552. The van der Waals surface area contributed by atoms with Gasteiger partial charge in [-0.1, -0.05) is 23.7 Å². The van der Waals surface area contributed by atoms with E-state index in [9.17, 15) is 4.39 Å². The van der Waals surface area contributed by atoms with Crippen LogP contribution < -0.4 is 11.3 Å². The van der Waals surface area contributed by atoms with Crippen LogP contribution >= 0.6 is 27.5 Å². The molecule has 0 spiro atoms. The molecule has 1 aromatic carbocycles. The van der Waals surface area contributed by atoms with E-state index >= 15 is 0 Å². The minimum Gasteiger partial charge on any atom is -0.271 e. The number of hydrogen-bond acceptors (Lipinski definition) is 3. The molecule has 6 heteroatoms. The van der Waals surface area contributed by atoms with Gasteiger partial charge in [0.2, 0.25) is 0 Å². The third kappa shape index (κ3) is 2.95. The Morgan fingerprint density at radius 1 is 1.37 bits per heavy atom. The van der Waals surface area contributed by atoms with Crippen molar-refractivity contribution in [3.05, 3.63) is 62.6 Å². The van der Waals surface area contributed by atoms with Crippen molar-refractivity contribution in [1.82, 2.24) is 10.4 Å². The Labute approximate surface area is 124 Å². The summed E-state index contributed by atoms with van der Waals surface area (Å²) in [4.78, 5) is 4.35. The summed E-state index contributed by atoms with van der Waals surface area (Å²) >= 11 is 9.07. The van der Waals surface area contributed by atoms with Gasteiger partial charge in [0.05, 0.1) is 16.8 Å². The lowest BCUT2D eigenvalue weighted by atomic mass is 10.0. The molecule has 0 saturated carbocycles. The Hall–Kier alpha value is -1.01. The molecule has 0 bridgehead atoms. The van der Waals surface area contributed by atoms with Crippen LogP contribution in [0.4, 0.5) is 4.39 Å². The molecule has 0 radical (unpaired) electrons. The van der Waals surface area contributed by atoms with Gasteiger partial charge in [0.25, 0.3) is 0 Å². The summed E-state index contributed by atoms with van der Waals surface area (Å²) < 4.78 is 14.7. The lowest BCUT2D eigenvalue weighted by Crippen LogP contribution is -2.30. The zero-order chi connectivity index (χ0) is 14.0. The zero-order valence-corrected chi connectivity index (χ0v) is 12.5. The first-order valence-electron chi connectivity index (χ1n) is 5.57. The second-order valence-corrected chi connectivity index (χ2v) is 5.30. The van der Waals surface area contributed by atoms with E-state index in [1.807, 2.05) is 19.1 Å². The molecule has 2 rings (SSSR count). The smallest absolute Gasteiger partial charge is 0.148 e. The fourth-order valence-electron chi connectivity index (χ4n) is 1.82. The van der Waals surface area contributed by atoms with E-state index in [0.29, 0.717) is 15.7 Å². The molecule has 0 aliphatic rings. The highest BCUT2D eigenvalue weighted by molar-refractivity contribution is 9.10. The number of rotatable bonds is 3. The van der Waals surface area contributed by atoms with Crippen molar-refractivity contribution in [2.45, 2.75) is 13.0 Å². The standard InChI is InChI=1S/C13H12BrClFN3/c1-7-3-2-4-10(18-7)13(19-17)8-5-6-9(14)11(15)12(8)16/h2-6,13,19H,17H2,1H3. The summed E-state index contributed by atoms with van der Waals surface area (Å²) in [5, 5.41) is 0.0328. The highest BCUT2D eigenvalue weighted by atomic mass is 79.9. The van der Waals surface area contributed by atoms with Crippen LogP contribution in [-0.4, -0.2) is 4.98 Å². The van der Waals surface area contributed by atoms with Crippen molar-refractivity contribution in [3.63, 3.8) is 0 Å². The van der Waals surface area contributed by atoms with Crippen LogP contribution in [0.25, 0.3) is 0 Å². The Morgan fingerprint density at radius 2 is 2.11 bits per heavy atom. The third-order valence-electron chi connectivity index (χ3n) is 2.75. The van der Waals surface area contributed by atoms with Crippen molar-refractivity contribution < 1.29 is 4.39 Å². The molecule has 3 nitrogen and oxygen atoms in total. The van der Waals surface area contributed by atoms with Gasteiger partial charge in [0.15, 0.2) is 0 Å². The number of nitrogens with zero attached hydrogens (tertiary/aromatic N) is 1. The average Bonchev–Trinajstić information content (AvgIpc) is 2.40. The van der Waals surface area contributed by atoms with Gasteiger partial charge in [-0.2, -0.15) is 0 Å². The monoisotopic (exact) mass is 343 g/mol. The molecule has 0 aliphatic carbocycles. The molecule has 0 fully saturated rings. The Kier molecular flexibility index (Phi) is 4.52. The molecule has 1 heterocycles. The molecule has 19 heavy (non-hydrogen) atoms. The van der Waals surface area contributed by atoms with E-state index in [-0.39, 0.29) is 5.02 Å². The van der Waals surface area contributed by atoms with Crippen LogP contribution in [0.15, 0.2) is 34.8 Å². The first-order valence-corrected chi connectivity index (χ1v) is 6.74. The second-order valence-electron chi connectivity index (χ2n) is 4.07. The van der Waals surface area contributed by atoms with Crippen LogP contribution in [0.3, 0.4) is 0 Å². The SMILES string of the molecule is Cc1cccc(C(NN)c2ccc(Br)c(Cl)c2F)n1.